The van der Waals surface area contributed by atoms with Crippen molar-refractivity contribution in [2.24, 2.45) is 0 Å². The second-order valence-corrected chi connectivity index (χ2v) is 5.97. The van der Waals surface area contributed by atoms with E-state index in [1.54, 1.807) is 42.5 Å². The molecule has 0 atom stereocenters. The average molecular weight is 374 g/mol. The lowest BCUT2D eigenvalue weighted by atomic mass is 10.2. The highest BCUT2D eigenvalue weighted by Gasteiger charge is 2.08. The van der Waals surface area contributed by atoms with Crippen molar-refractivity contribution in [1.82, 2.24) is 15.8 Å². The second-order valence-electron chi connectivity index (χ2n) is 5.97. The first kappa shape index (κ1) is 18.8. The zero-order valence-electron chi connectivity index (χ0n) is 15.1. The topological polar surface area (TPSA) is 100 Å². The van der Waals surface area contributed by atoms with E-state index in [-0.39, 0.29) is 11.6 Å². The number of aromatic nitrogens is 1. The number of hydrazine groups is 1. The number of pyridine rings is 1. The van der Waals surface area contributed by atoms with Crippen molar-refractivity contribution >= 4 is 40.4 Å². The number of nitrogens with zero attached hydrogens (tertiary/aromatic N) is 1. The fourth-order valence-corrected chi connectivity index (χ4v) is 2.47. The summed E-state index contributed by atoms with van der Waals surface area (Å²) in [5, 5.41) is 3.59. The average Bonchev–Trinajstić information content (AvgIpc) is 2.70. The Labute approximate surface area is 161 Å². The van der Waals surface area contributed by atoms with Gasteiger partial charge in [-0.2, -0.15) is 0 Å². The van der Waals surface area contributed by atoms with Gasteiger partial charge in [0.1, 0.15) is 5.69 Å². The molecule has 1 heterocycles. The number of anilines is 1. The predicted molar refractivity (Wildman–Crippen MR) is 107 cm³/mol. The maximum atomic E-state index is 12.1. The maximum absolute atomic E-state index is 12.1. The molecule has 140 valence electrons. The molecule has 3 N–H and O–H groups in total. The van der Waals surface area contributed by atoms with Crippen LogP contribution in [0.1, 0.15) is 23.0 Å². The number of hydrogen-bond acceptors (Lipinski definition) is 4. The molecule has 7 nitrogen and oxygen atoms in total. The van der Waals surface area contributed by atoms with Gasteiger partial charge in [0.05, 0.1) is 5.52 Å². The summed E-state index contributed by atoms with van der Waals surface area (Å²) in [5.41, 5.74) is 6.99. The van der Waals surface area contributed by atoms with Crippen LogP contribution in [0, 0.1) is 0 Å². The van der Waals surface area contributed by atoms with Gasteiger partial charge >= 0.3 is 0 Å². The minimum atomic E-state index is -0.507. The number of carbonyl (C=O) groups excluding carboxylic acids is 3. The van der Waals surface area contributed by atoms with Crippen LogP contribution in [0.5, 0.6) is 0 Å². The molecule has 0 aliphatic carbocycles. The van der Waals surface area contributed by atoms with Crippen molar-refractivity contribution in [1.29, 1.82) is 0 Å². The lowest BCUT2D eigenvalue weighted by molar-refractivity contribution is -0.117. The third-order valence-corrected chi connectivity index (χ3v) is 3.79. The van der Waals surface area contributed by atoms with Crippen LogP contribution in [0.25, 0.3) is 17.0 Å². The van der Waals surface area contributed by atoms with E-state index in [4.69, 9.17) is 0 Å². The van der Waals surface area contributed by atoms with Gasteiger partial charge in [0.15, 0.2) is 0 Å². The van der Waals surface area contributed by atoms with E-state index in [2.05, 4.69) is 21.2 Å². The molecule has 2 aromatic carbocycles. The SMILES string of the molecule is CC(=O)Nc1ccc(/C=C/C(=O)NNC(=O)c2ccc3ccccc3n2)cc1. The highest BCUT2D eigenvalue weighted by atomic mass is 16.2. The van der Waals surface area contributed by atoms with Gasteiger partial charge in [0.2, 0.25) is 5.91 Å². The van der Waals surface area contributed by atoms with Crippen molar-refractivity contribution < 1.29 is 14.4 Å². The zero-order chi connectivity index (χ0) is 19.9. The molecule has 3 rings (SSSR count). The highest BCUT2D eigenvalue weighted by molar-refractivity contribution is 5.98. The Morgan fingerprint density at radius 3 is 2.39 bits per heavy atom. The van der Waals surface area contributed by atoms with Gasteiger partial charge in [0.25, 0.3) is 11.8 Å². The minimum absolute atomic E-state index is 0.153. The standard InChI is InChI=1S/C21H18N4O3/c1-14(26)22-17-10-6-15(7-11-17)8-13-20(27)24-25-21(28)19-12-9-16-4-2-3-5-18(16)23-19/h2-13H,1H3,(H,22,26)(H,24,27)(H,25,28)/b13-8+. The van der Waals surface area contributed by atoms with Crippen LogP contribution in [0.3, 0.4) is 0 Å². The van der Waals surface area contributed by atoms with Crippen LogP contribution in [0.4, 0.5) is 5.69 Å². The van der Waals surface area contributed by atoms with Gasteiger partial charge in [-0.05, 0) is 35.9 Å². The molecule has 28 heavy (non-hydrogen) atoms. The Morgan fingerprint density at radius 1 is 0.893 bits per heavy atom. The first-order valence-corrected chi connectivity index (χ1v) is 8.53. The van der Waals surface area contributed by atoms with Gasteiger partial charge < -0.3 is 5.32 Å². The van der Waals surface area contributed by atoms with E-state index in [9.17, 15) is 14.4 Å². The van der Waals surface area contributed by atoms with Crippen molar-refractivity contribution in [3.05, 3.63) is 78.0 Å². The first-order valence-electron chi connectivity index (χ1n) is 8.53. The number of rotatable bonds is 4. The molecular formula is C21H18N4O3. The Hall–Kier alpha value is -4.00. The molecule has 0 saturated carbocycles. The third-order valence-electron chi connectivity index (χ3n) is 3.79. The summed E-state index contributed by atoms with van der Waals surface area (Å²) in [7, 11) is 0. The predicted octanol–water partition coefficient (Wildman–Crippen LogP) is 2.67. The molecule has 0 saturated heterocycles. The quantitative estimate of drug-likeness (QED) is 0.483. The number of hydrogen-bond donors (Lipinski definition) is 3. The first-order chi connectivity index (χ1) is 13.5. The van der Waals surface area contributed by atoms with Crippen molar-refractivity contribution in [2.45, 2.75) is 6.92 Å². The number of benzene rings is 2. The van der Waals surface area contributed by atoms with Gasteiger partial charge in [-0.25, -0.2) is 4.98 Å². The van der Waals surface area contributed by atoms with E-state index in [0.717, 1.165) is 10.9 Å². The summed E-state index contributed by atoms with van der Waals surface area (Å²) in [5.74, 6) is -1.15. The fraction of sp³-hybridized carbons (Fsp3) is 0.0476. The highest BCUT2D eigenvalue weighted by Crippen LogP contribution is 2.12. The molecule has 0 unspecified atom stereocenters. The summed E-state index contributed by atoms with van der Waals surface area (Å²) < 4.78 is 0. The molecule has 0 aliphatic rings. The monoisotopic (exact) mass is 374 g/mol. The number of fused-ring (bicyclic) bond motifs is 1. The maximum Gasteiger partial charge on any atom is 0.288 e. The summed E-state index contributed by atoms with van der Waals surface area (Å²) >= 11 is 0. The molecule has 0 aliphatic heterocycles. The van der Waals surface area contributed by atoms with Gasteiger partial charge in [-0.3, -0.25) is 25.2 Å². The van der Waals surface area contributed by atoms with E-state index in [0.29, 0.717) is 11.2 Å². The molecule has 3 aromatic rings. The summed E-state index contributed by atoms with van der Waals surface area (Å²) in [6.07, 6.45) is 2.88. The Balaban J connectivity index is 1.54. The van der Waals surface area contributed by atoms with E-state index in [1.165, 1.54) is 13.0 Å². The number of nitrogens with one attached hydrogen (secondary N) is 3. The van der Waals surface area contributed by atoms with Crippen molar-refractivity contribution in [2.75, 3.05) is 5.32 Å². The van der Waals surface area contributed by atoms with Crippen LogP contribution in [-0.2, 0) is 9.59 Å². The molecule has 7 heteroatoms. The lowest BCUT2D eigenvalue weighted by Crippen LogP contribution is -2.41. The van der Waals surface area contributed by atoms with Crippen LogP contribution >= 0.6 is 0 Å². The van der Waals surface area contributed by atoms with Crippen LogP contribution in [0.2, 0.25) is 0 Å². The molecule has 0 spiro atoms. The molecule has 1 aromatic heterocycles. The largest absolute Gasteiger partial charge is 0.326 e. The number of amides is 3. The van der Waals surface area contributed by atoms with E-state index in [1.807, 2.05) is 24.3 Å². The molecular weight excluding hydrogens is 356 g/mol. The molecule has 3 amide bonds. The van der Waals surface area contributed by atoms with Gasteiger partial charge in [-0.15, -0.1) is 0 Å². The Kier molecular flexibility index (Phi) is 5.76. The van der Waals surface area contributed by atoms with Crippen LogP contribution in [-0.4, -0.2) is 22.7 Å². The zero-order valence-corrected chi connectivity index (χ0v) is 15.1. The fourth-order valence-electron chi connectivity index (χ4n) is 2.47. The second kappa shape index (κ2) is 8.59. The smallest absolute Gasteiger partial charge is 0.288 e. The van der Waals surface area contributed by atoms with Gasteiger partial charge in [-0.1, -0.05) is 36.4 Å². The van der Waals surface area contributed by atoms with Crippen molar-refractivity contribution in [3.8, 4) is 0 Å². The van der Waals surface area contributed by atoms with Crippen molar-refractivity contribution in [3.63, 3.8) is 0 Å². The normalized spacial score (nSPS) is 10.6. The number of para-hydroxylation sites is 1. The summed E-state index contributed by atoms with van der Waals surface area (Å²) in [6.45, 7) is 1.43. The van der Waals surface area contributed by atoms with Crippen LogP contribution < -0.4 is 16.2 Å². The Bertz CT molecular complexity index is 1060. The lowest BCUT2D eigenvalue weighted by Gasteiger charge is -2.06. The van der Waals surface area contributed by atoms with E-state index >= 15 is 0 Å². The molecule has 0 bridgehead atoms. The Morgan fingerprint density at radius 2 is 1.64 bits per heavy atom. The number of carbonyl (C=O) groups is 3. The van der Waals surface area contributed by atoms with Gasteiger partial charge in [0, 0.05) is 24.1 Å². The minimum Gasteiger partial charge on any atom is -0.326 e. The summed E-state index contributed by atoms with van der Waals surface area (Å²) in [4.78, 5) is 39.3. The summed E-state index contributed by atoms with van der Waals surface area (Å²) in [6, 6.07) is 17.8. The van der Waals surface area contributed by atoms with Crippen LogP contribution in [0.15, 0.2) is 66.7 Å². The van der Waals surface area contributed by atoms with E-state index < -0.39 is 11.8 Å². The molecule has 0 radical (unpaired) electrons. The molecule has 0 fully saturated rings. The third kappa shape index (κ3) is 5.01.